The number of aryl methyl sites for hydroxylation is 1. The summed E-state index contributed by atoms with van der Waals surface area (Å²) in [4.78, 5) is 17.8. The van der Waals surface area contributed by atoms with Gasteiger partial charge in [0.05, 0.1) is 6.61 Å². The minimum Gasteiger partial charge on any atom is -0.450 e. The number of nitrogens with zero attached hydrogens (tertiary/aromatic N) is 2. The summed E-state index contributed by atoms with van der Waals surface area (Å²) in [7, 11) is 0. The fourth-order valence-electron chi connectivity index (χ4n) is 2.86. The minimum absolute atomic E-state index is 0. The van der Waals surface area contributed by atoms with Crippen LogP contribution in [0.15, 0.2) is 29.3 Å². The first-order valence-electron chi connectivity index (χ1n) is 8.62. The van der Waals surface area contributed by atoms with Gasteiger partial charge in [0, 0.05) is 25.7 Å². The number of piperidine rings is 1. The summed E-state index contributed by atoms with van der Waals surface area (Å²) in [5, 5.41) is 3.26. The Morgan fingerprint density at radius 1 is 1.36 bits per heavy atom. The molecular weight excluding hydrogens is 431 g/mol. The summed E-state index contributed by atoms with van der Waals surface area (Å²) in [6.45, 7) is 6.39. The van der Waals surface area contributed by atoms with Crippen LogP contribution in [0.3, 0.4) is 0 Å². The Labute approximate surface area is 167 Å². The van der Waals surface area contributed by atoms with E-state index in [0.717, 1.165) is 19.3 Å². The van der Waals surface area contributed by atoms with Crippen LogP contribution in [0, 0.1) is 6.92 Å². The zero-order valence-electron chi connectivity index (χ0n) is 15.0. The third-order valence-electron chi connectivity index (χ3n) is 4.30. The minimum atomic E-state index is -0.226. The van der Waals surface area contributed by atoms with Crippen molar-refractivity contribution in [3.63, 3.8) is 0 Å². The highest BCUT2D eigenvalue weighted by Crippen LogP contribution is 2.11. The molecule has 0 aliphatic carbocycles. The lowest BCUT2D eigenvalue weighted by atomic mass is 10.1. The molecule has 0 radical (unpaired) electrons. The molecule has 0 aromatic heterocycles. The summed E-state index contributed by atoms with van der Waals surface area (Å²) < 4.78 is 5.02. The highest BCUT2D eigenvalue weighted by molar-refractivity contribution is 14.0. The lowest BCUT2D eigenvalue weighted by Gasteiger charge is -2.31. The molecule has 0 bridgehead atoms. The Morgan fingerprint density at radius 3 is 2.68 bits per heavy atom. The van der Waals surface area contributed by atoms with Crippen LogP contribution in [-0.4, -0.2) is 49.2 Å². The molecule has 1 aliphatic heterocycles. The van der Waals surface area contributed by atoms with E-state index < -0.39 is 0 Å². The van der Waals surface area contributed by atoms with Crippen molar-refractivity contribution in [3.05, 3.63) is 35.4 Å². The lowest BCUT2D eigenvalue weighted by Crippen LogP contribution is -2.48. The smallest absolute Gasteiger partial charge is 0.409 e. The molecule has 7 heteroatoms. The largest absolute Gasteiger partial charge is 0.450 e. The number of amides is 1. The zero-order valence-corrected chi connectivity index (χ0v) is 17.4. The van der Waals surface area contributed by atoms with Gasteiger partial charge >= 0.3 is 6.09 Å². The number of halogens is 1. The Hall–Kier alpha value is -1.51. The van der Waals surface area contributed by atoms with Crippen LogP contribution in [0.4, 0.5) is 4.79 Å². The topological polar surface area (TPSA) is 80.0 Å². The van der Waals surface area contributed by atoms with Crippen molar-refractivity contribution in [2.45, 2.75) is 39.2 Å². The van der Waals surface area contributed by atoms with Crippen LogP contribution in [-0.2, 0) is 11.2 Å². The molecule has 1 amide bonds. The van der Waals surface area contributed by atoms with Gasteiger partial charge in [-0.3, -0.25) is 4.99 Å². The quantitative estimate of drug-likeness (QED) is 0.403. The predicted octanol–water partition coefficient (Wildman–Crippen LogP) is 2.68. The third-order valence-corrected chi connectivity index (χ3v) is 4.30. The van der Waals surface area contributed by atoms with Gasteiger partial charge in [0.2, 0.25) is 0 Å². The van der Waals surface area contributed by atoms with Crippen molar-refractivity contribution in [1.29, 1.82) is 0 Å². The van der Waals surface area contributed by atoms with Gasteiger partial charge in [0.15, 0.2) is 5.96 Å². The number of hydrogen-bond acceptors (Lipinski definition) is 3. The molecule has 1 fully saturated rings. The first-order valence-corrected chi connectivity index (χ1v) is 8.62. The fourth-order valence-corrected chi connectivity index (χ4v) is 2.86. The van der Waals surface area contributed by atoms with Gasteiger partial charge < -0.3 is 20.7 Å². The molecule has 0 spiro atoms. The molecule has 1 aliphatic rings. The molecule has 1 heterocycles. The number of benzene rings is 1. The molecule has 25 heavy (non-hydrogen) atoms. The zero-order chi connectivity index (χ0) is 17.4. The first kappa shape index (κ1) is 21.5. The van der Waals surface area contributed by atoms with Crippen molar-refractivity contribution in [3.8, 4) is 0 Å². The van der Waals surface area contributed by atoms with E-state index in [4.69, 9.17) is 10.5 Å². The number of rotatable bonds is 5. The van der Waals surface area contributed by atoms with Crippen molar-refractivity contribution in [2.24, 2.45) is 10.7 Å². The van der Waals surface area contributed by atoms with E-state index in [1.54, 1.807) is 4.90 Å². The van der Waals surface area contributed by atoms with Gasteiger partial charge in [-0.05, 0) is 44.2 Å². The number of ether oxygens (including phenoxy) is 1. The predicted molar refractivity (Wildman–Crippen MR) is 112 cm³/mol. The maximum absolute atomic E-state index is 11.7. The number of carbonyl (C=O) groups is 1. The van der Waals surface area contributed by atoms with Crippen molar-refractivity contribution in [1.82, 2.24) is 10.2 Å². The Balaban J connectivity index is 0.00000312. The van der Waals surface area contributed by atoms with Crippen LogP contribution in [0.25, 0.3) is 0 Å². The van der Waals surface area contributed by atoms with E-state index in [1.165, 1.54) is 11.1 Å². The number of guanidine groups is 1. The van der Waals surface area contributed by atoms with Crippen LogP contribution in [0.2, 0.25) is 0 Å². The molecule has 140 valence electrons. The Bertz CT molecular complexity index is 572. The van der Waals surface area contributed by atoms with E-state index in [1.807, 2.05) is 19.1 Å². The molecule has 6 nitrogen and oxygen atoms in total. The van der Waals surface area contributed by atoms with E-state index in [0.29, 0.717) is 32.2 Å². The highest BCUT2D eigenvalue weighted by atomic mass is 127. The third kappa shape index (κ3) is 7.09. The maximum Gasteiger partial charge on any atom is 0.409 e. The SMILES string of the molecule is CCOC(=O)N1CCC(NC(N)=NCCc2ccccc2C)CC1.I. The monoisotopic (exact) mass is 460 g/mol. The van der Waals surface area contributed by atoms with Crippen LogP contribution in [0.1, 0.15) is 30.9 Å². The molecular formula is C18H29IN4O2. The molecule has 2 rings (SSSR count). The van der Waals surface area contributed by atoms with Gasteiger partial charge in [0.1, 0.15) is 0 Å². The summed E-state index contributed by atoms with van der Waals surface area (Å²) in [6.07, 6.45) is 2.37. The van der Waals surface area contributed by atoms with Crippen molar-refractivity contribution in [2.75, 3.05) is 26.2 Å². The number of carbonyl (C=O) groups excluding carboxylic acids is 1. The Kier molecular flexibility index (Phi) is 9.62. The van der Waals surface area contributed by atoms with Gasteiger partial charge in [-0.15, -0.1) is 24.0 Å². The van der Waals surface area contributed by atoms with Gasteiger partial charge in [0.25, 0.3) is 0 Å². The summed E-state index contributed by atoms with van der Waals surface area (Å²) >= 11 is 0. The van der Waals surface area contributed by atoms with Crippen LogP contribution >= 0.6 is 24.0 Å². The number of likely N-dealkylation sites (tertiary alicyclic amines) is 1. The standard InChI is InChI=1S/C18H28N4O2.HI/c1-3-24-18(23)22-12-9-16(10-13-22)21-17(19)20-11-8-15-7-5-4-6-14(15)2;/h4-7,16H,3,8-13H2,1-2H3,(H3,19,20,21);1H. The normalized spacial score (nSPS) is 15.4. The molecule has 1 saturated heterocycles. The number of nitrogens with one attached hydrogen (secondary N) is 1. The average Bonchev–Trinajstić information content (AvgIpc) is 2.57. The molecule has 0 unspecified atom stereocenters. The lowest BCUT2D eigenvalue weighted by molar-refractivity contribution is 0.0963. The van der Waals surface area contributed by atoms with E-state index in [2.05, 4.69) is 29.4 Å². The molecule has 1 aromatic carbocycles. The summed E-state index contributed by atoms with van der Waals surface area (Å²) in [6, 6.07) is 8.58. The molecule has 1 aromatic rings. The van der Waals surface area contributed by atoms with E-state index in [-0.39, 0.29) is 36.1 Å². The first-order chi connectivity index (χ1) is 11.6. The van der Waals surface area contributed by atoms with Crippen LogP contribution < -0.4 is 11.1 Å². The number of aliphatic imine (C=N–C) groups is 1. The average molecular weight is 460 g/mol. The fraction of sp³-hybridized carbons (Fsp3) is 0.556. The van der Waals surface area contributed by atoms with E-state index in [9.17, 15) is 4.79 Å². The second-order valence-corrected chi connectivity index (χ2v) is 6.05. The second kappa shape index (κ2) is 11.2. The van der Waals surface area contributed by atoms with Gasteiger partial charge in [-0.2, -0.15) is 0 Å². The summed E-state index contributed by atoms with van der Waals surface area (Å²) in [5.41, 5.74) is 8.57. The Morgan fingerprint density at radius 2 is 2.04 bits per heavy atom. The number of nitrogens with two attached hydrogens (primary N) is 1. The van der Waals surface area contributed by atoms with Crippen molar-refractivity contribution < 1.29 is 9.53 Å². The molecule has 0 saturated carbocycles. The van der Waals surface area contributed by atoms with Gasteiger partial charge in [-0.1, -0.05) is 24.3 Å². The van der Waals surface area contributed by atoms with Gasteiger partial charge in [-0.25, -0.2) is 4.79 Å². The summed E-state index contributed by atoms with van der Waals surface area (Å²) in [5.74, 6) is 0.484. The molecule has 0 atom stereocenters. The number of hydrogen-bond donors (Lipinski definition) is 2. The molecule has 3 N–H and O–H groups in total. The maximum atomic E-state index is 11.7. The van der Waals surface area contributed by atoms with Crippen molar-refractivity contribution >= 4 is 36.0 Å². The second-order valence-electron chi connectivity index (χ2n) is 6.05. The van der Waals surface area contributed by atoms with Crippen LogP contribution in [0.5, 0.6) is 0 Å². The highest BCUT2D eigenvalue weighted by Gasteiger charge is 2.23. The van der Waals surface area contributed by atoms with E-state index >= 15 is 0 Å².